The van der Waals surface area contributed by atoms with Crippen LogP contribution in [0.2, 0.25) is 0 Å². The van der Waals surface area contributed by atoms with Crippen molar-refractivity contribution in [3.05, 3.63) is 29.6 Å². The van der Waals surface area contributed by atoms with Crippen LogP contribution in [0.25, 0.3) is 11.0 Å². The molecule has 1 saturated heterocycles. The first-order chi connectivity index (χ1) is 9.58. The van der Waals surface area contributed by atoms with E-state index in [4.69, 9.17) is 0 Å². The molecule has 2 N–H and O–H groups in total. The number of carboxylic acids is 1. The minimum Gasteiger partial charge on any atom is -0.478 e. The second kappa shape index (κ2) is 4.63. The average molecular weight is 273 g/mol. The standard InChI is InChI=1S/C14H15N3O3/c1-8-16-13-10(14(19)20)3-2-4-11(13)17(8)9-5-6-12(18)15-7-9/h2-4,9H,5-7H2,1H3,(H,15,18)(H,19,20). The zero-order valence-corrected chi connectivity index (χ0v) is 11.1. The predicted octanol–water partition coefficient (Wildman–Crippen LogP) is 1.49. The van der Waals surface area contributed by atoms with Gasteiger partial charge in [0.25, 0.3) is 0 Å². The highest BCUT2D eigenvalue weighted by atomic mass is 16.4. The second-order valence-corrected chi connectivity index (χ2v) is 5.00. The molecule has 1 aromatic heterocycles. The van der Waals surface area contributed by atoms with Crippen molar-refractivity contribution in [1.29, 1.82) is 0 Å². The third-order valence-corrected chi connectivity index (χ3v) is 3.73. The Hall–Kier alpha value is -2.37. The minimum atomic E-state index is -0.975. The number of amides is 1. The van der Waals surface area contributed by atoms with Crippen molar-refractivity contribution in [1.82, 2.24) is 14.9 Å². The van der Waals surface area contributed by atoms with E-state index < -0.39 is 5.97 Å². The molecule has 0 saturated carbocycles. The van der Waals surface area contributed by atoms with Crippen molar-refractivity contribution in [3.63, 3.8) is 0 Å². The smallest absolute Gasteiger partial charge is 0.337 e. The monoisotopic (exact) mass is 273 g/mol. The fourth-order valence-corrected chi connectivity index (χ4v) is 2.81. The Bertz CT molecular complexity index is 695. The number of carbonyl (C=O) groups excluding carboxylic acids is 1. The Labute approximate surface area is 115 Å². The SMILES string of the molecule is Cc1nc2c(C(=O)O)cccc2n1C1CCC(=O)NC1. The van der Waals surface area contributed by atoms with Crippen LogP contribution in [0.1, 0.15) is 35.1 Å². The number of benzene rings is 1. The van der Waals surface area contributed by atoms with Gasteiger partial charge in [0.1, 0.15) is 11.3 Å². The third-order valence-electron chi connectivity index (χ3n) is 3.73. The largest absolute Gasteiger partial charge is 0.478 e. The molecule has 1 fully saturated rings. The van der Waals surface area contributed by atoms with E-state index in [2.05, 4.69) is 10.3 Å². The van der Waals surface area contributed by atoms with Gasteiger partial charge in [0, 0.05) is 13.0 Å². The Morgan fingerprint density at radius 3 is 2.95 bits per heavy atom. The van der Waals surface area contributed by atoms with Gasteiger partial charge in [-0.2, -0.15) is 0 Å². The molecule has 1 amide bonds. The van der Waals surface area contributed by atoms with Crippen molar-refractivity contribution >= 4 is 22.9 Å². The number of carboxylic acid groups (broad SMARTS) is 1. The van der Waals surface area contributed by atoms with Crippen LogP contribution >= 0.6 is 0 Å². The fourth-order valence-electron chi connectivity index (χ4n) is 2.81. The molecule has 0 spiro atoms. The molecule has 104 valence electrons. The predicted molar refractivity (Wildman–Crippen MR) is 72.7 cm³/mol. The van der Waals surface area contributed by atoms with Crippen LogP contribution in [-0.2, 0) is 4.79 Å². The van der Waals surface area contributed by atoms with E-state index >= 15 is 0 Å². The molecule has 1 unspecified atom stereocenters. The van der Waals surface area contributed by atoms with Gasteiger partial charge in [0.15, 0.2) is 0 Å². The summed E-state index contributed by atoms with van der Waals surface area (Å²) in [5.41, 5.74) is 1.53. The number of nitrogens with zero attached hydrogens (tertiary/aromatic N) is 2. The van der Waals surface area contributed by atoms with E-state index in [-0.39, 0.29) is 17.5 Å². The van der Waals surface area contributed by atoms with Gasteiger partial charge in [-0.15, -0.1) is 0 Å². The highest BCUT2D eigenvalue weighted by Crippen LogP contribution is 2.27. The summed E-state index contributed by atoms with van der Waals surface area (Å²) < 4.78 is 2.03. The Morgan fingerprint density at radius 1 is 1.50 bits per heavy atom. The molecule has 1 aliphatic rings. The van der Waals surface area contributed by atoms with Gasteiger partial charge >= 0.3 is 5.97 Å². The molecule has 6 nitrogen and oxygen atoms in total. The van der Waals surface area contributed by atoms with Crippen molar-refractivity contribution in [2.75, 3.05) is 6.54 Å². The van der Waals surface area contributed by atoms with Crippen LogP contribution in [0.3, 0.4) is 0 Å². The lowest BCUT2D eigenvalue weighted by Gasteiger charge is -2.25. The van der Waals surface area contributed by atoms with Crippen molar-refractivity contribution in [2.45, 2.75) is 25.8 Å². The molecule has 0 radical (unpaired) electrons. The molecule has 1 atom stereocenters. The van der Waals surface area contributed by atoms with Crippen LogP contribution in [-0.4, -0.2) is 33.1 Å². The zero-order chi connectivity index (χ0) is 14.3. The molecule has 6 heteroatoms. The summed E-state index contributed by atoms with van der Waals surface area (Å²) in [5, 5.41) is 12.1. The molecule has 1 aliphatic heterocycles. The lowest BCUT2D eigenvalue weighted by molar-refractivity contribution is -0.122. The minimum absolute atomic E-state index is 0.0644. The van der Waals surface area contributed by atoms with Gasteiger partial charge in [0.2, 0.25) is 5.91 Å². The normalized spacial score (nSPS) is 19.1. The van der Waals surface area contributed by atoms with Crippen LogP contribution in [0.15, 0.2) is 18.2 Å². The van der Waals surface area contributed by atoms with Crippen LogP contribution in [0.4, 0.5) is 0 Å². The first-order valence-corrected chi connectivity index (χ1v) is 6.55. The Kier molecular flexibility index (Phi) is 2.93. The Balaban J connectivity index is 2.12. The molecule has 0 bridgehead atoms. The molecule has 2 aromatic rings. The lowest BCUT2D eigenvalue weighted by atomic mass is 10.1. The molecular weight excluding hydrogens is 258 g/mol. The number of imidazole rings is 1. The number of piperidine rings is 1. The number of hydrogen-bond acceptors (Lipinski definition) is 3. The summed E-state index contributed by atoms with van der Waals surface area (Å²) in [6.07, 6.45) is 1.23. The van der Waals surface area contributed by atoms with Crippen molar-refractivity contribution in [2.24, 2.45) is 0 Å². The third kappa shape index (κ3) is 1.93. The molecule has 3 rings (SSSR count). The van der Waals surface area contributed by atoms with Crippen molar-refractivity contribution < 1.29 is 14.7 Å². The highest BCUT2D eigenvalue weighted by molar-refractivity contribution is 6.01. The van der Waals surface area contributed by atoms with Crippen LogP contribution in [0, 0.1) is 6.92 Å². The number of aromatic carboxylic acids is 1. The number of hydrogen-bond donors (Lipinski definition) is 2. The van der Waals surface area contributed by atoms with Gasteiger partial charge in [-0.05, 0) is 25.5 Å². The number of carbonyl (C=O) groups is 2. The summed E-state index contributed by atoms with van der Waals surface area (Å²) in [4.78, 5) is 26.9. The summed E-state index contributed by atoms with van der Waals surface area (Å²) in [6.45, 7) is 2.42. The number of rotatable bonds is 2. The lowest BCUT2D eigenvalue weighted by Crippen LogP contribution is -2.36. The molecular formula is C14H15N3O3. The van der Waals surface area contributed by atoms with E-state index in [0.29, 0.717) is 18.5 Å². The average Bonchev–Trinajstić information content (AvgIpc) is 2.75. The van der Waals surface area contributed by atoms with Gasteiger partial charge in [-0.3, -0.25) is 4.79 Å². The maximum Gasteiger partial charge on any atom is 0.337 e. The molecule has 20 heavy (non-hydrogen) atoms. The summed E-state index contributed by atoms with van der Waals surface area (Å²) in [7, 11) is 0. The maximum absolute atomic E-state index is 11.3. The summed E-state index contributed by atoms with van der Waals surface area (Å²) >= 11 is 0. The fraction of sp³-hybridized carbons (Fsp3) is 0.357. The number of fused-ring (bicyclic) bond motifs is 1. The van der Waals surface area contributed by atoms with Gasteiger partial charge in [-0.25, -0.2) is 9.78 Å². The van der Waals surface area contributed by atoms with E-state index in [9.17, 15) is 14.7 Å². The topological polar surface area (TPSA) is 84.2 Å². The van der Waals surface area contributed by atoms with Crippen molar-refractivity contribution in [3.8, 4) is 0 Å². The molecule has 1 aromatic carbocycles. The first-order valence-electron chi connectivity index (χ1n) is 6.55. The quantitative estimate of drug-likeness (QED) is 0.868. The second-order valence-electron chi connectivity index (χ2n) is 5.00. The summed E-state index contributed by atoms with van der Waals surface area (Å²) in [6, 6.07) is 5.29. The maximum atomic E-state index is 11.3. The summed E-state index contributed by atoms with van der Waals surface area (Å²) in [5.74, 6) is -0.137. The van der Waals surface area contributed by atoms with E-state index in [0.717, 1.165) is 17.8 Å². The number of para-hydroxylation sites is 1. The van der Waals surface area contributed by atoms with Gasteiger partial charge in [0.05, 0.1) is 17.1 Å². The zero-order valence-electron chi connectivity index (χ0n) is 11.1. The highest BCUT2D eigenvalue weighted by Gasteiger charge is 2.24. The Morgan fingerprint density at radius 2 is 2.30 bits per heavy atom. The number of aryl methyl sites for hydroxylation is 1. The first kappa shape index (κ1) is 12.7. The molecule has 2 heterocycles. The number of aromatic nitrogens is 2. The van der Waals surface area contributed by atoms with Gasteiger partial charge < -0.3 is 15.0 Å². The van der Waals surface area contributed by atoms with E-state index in [1.807, 2.05) is 17.6 Å². The number of nitrogens with one attached hydrogen (secondary N) is 1. The van der Waals surface area contributed by atoms with Crippen LogP contribution < -0.4 is 5.32 Å². The molecule has 0 aliphatic carbocycles. The van der Waals surface area contributed by atoms with Gasteiger partial charge in [-0.1, -0.05) is 6.07 Å². The van der Waals surface area contributed by atoms with Crippen LogP contribution in [0.5, 0.6) is 0 Å². The van der Waals surface area contributed by atoms with E-state index in [1.54, 1.807) is 12.1 Å². The van der Waals surface area contributed by atoms with E-state index in [1.165, 1.54) is 0 Å².